The second-order valence-electron chi connectivity index (χ2n) is 4.43. The summed E-state index contributed by atoms with van der Waals surface area (Å²) in [6.45, 7) is 8.12. The van der Waals surface area contributed by atoms with E-state index in [4.69, 9.17) is 0 Å². The van der Waals surface area contributed by atoms with Gasteiger partial charge in [-0.25, -0.2) is 0 Å². The van der Waals surface area contributed by atoms with E-state index in [9.17, 15) is 5.11 Å². The smallest absolute Gasteiger partial charge is 0.0687 e. The van der Waals surface area contributed by atoms with Gasteiger partial charge in [0.15, 0.2) is 0 Å². The van der Waals surface area contributed by atoms with Crippen LogP contribution in [0.25, 0.3) is 0 Å². The van der Waals surface area contributed by atoms with Crippen molar-refractivity contribution in [1.29, 1.82) is 0 Å². The Bertz CT molecular complexity index is 115. The molecule has 0 fully saturated rings. The number of nitrogens with one attached hydrogen (secondary N) is 1. The van der Waals surface area contributed by atoms with Crippen molar-refractivity contribution in [3.63, 3.8) is 0 Å². The normalized spacial score (nSPS) is 13.5. The minimum absolute atomic E-state index is 0.189. The molecule has 1 unspecified atom stereocenters. The van der Waals surface area contributed by atoms with Gasteiger partial charge < -0.3 is 10.4 Å². The summed E-state index contributed by atoms with van der Waals surface area (Å²) in [6.07, 6.45) is 6.38. The zero-order chi connectivity index (χ0) is 10.8. The predicted molar refractivity (Wildman–Crippen MR) is 62.5 cm³/mol. The highest BCUT2D eigenvalue weighted by atomic mass is 16.3. The monoisotopic (exact) mass is 201 g/mol. The highest BCUT2D eigenvalue weighted by Crippen LogP contribution is 2.02. The van der Waals surface area contributed by atoms with Crippen LogP contribution in [0.1, 0.15) is 52.9 Å². The van der Waals surface area contributed by atoms with E-state index in [0.29, 0.717) is 5.92 Å². The van der Waals surface area contributed by atoms with Gasteiger partial charge in [-0.2, -0.15) is 0 Å². The number of unbranched alkanes of at least 4 members (excludes halogenated alkanes) is 4. The fourth-order valence-corrected chi connectivity index (χ4v) is 1.34. The van der Waals surface area contributed by atoms with E-state index in [1.165, 1.54) is 32.1 Å². The Morgan fingerprint density at radius 2 is 1.71 bits per heavy atom. The first-order valence-corrected chi connectivity index (χ1v) is 6.07. The zero-order valence-electron chi connectivity index (χ0n) is 10.1. The van der Waals surface area contributed by atoms with Crippen LogP contribution in [0.3, 0.4) is 0 Å². The summed E-state index contributed by atoms with van der Waals surface area (Å²) in [5, 5.41) is 12.8. The third-order valence-electron chi connectivity index (χ3n) is 2.58. The summed E-state index contributed by atoms with van der Waals surface area (Å²) in [5.74, 6) is 0.364. The van der Waals surface area contributed by atoms with Crippen molar-refractivity contribution in [3.8, 4) is 0 Å². The van der Waals surface area contributed by atoms with Gasteiger partial charge in [0.05, 0.1) is 6.10 Å². The quantitative estimate of drug-likeness (QED) is 0.562. The van der Waals surface area contributed by atoms with Crippen molar-refractivity contribution in [1.82, 2.24) is 5.32 Å². The van der Waals surface area contributed by atoms with Crippen LogP contribution < -0.4 is 5.32 Å². The SMILES string of the molecule is CCCCCCCNCC(O)C(C)C. The maximum atomic E-state index is 9.50. The molecule has 0 saturated carbocycles. The van der Waals surface area contributed by atoms with Crippen LogP contribution in [-0.4, -0.2) is 24.3 Å². The van der Waals surface area contributed by atoms with E-state index < -0.39 is 0 Å². The molecule has 0 heterocycles. The lowest BCUT2D eigenvalue weighted by Gasteiger charge is -2.14. The van der Waals surface area contributed by atoms with Gasteiger partial charge in [-0.05, 0) is 18.9 Å². The van der Waals surface area contributed by atoms with Crippen molar-refractivity contribution in [2.24, 2.45) is 5.92 Å². The molecule has 0 aliphatic heterocycles. The Morgan fingerprint density at radius 3 is 2.29 bits per heavy atom. The molecule has 2 heteroatoms. The summed E-state index contributed by atoms with van der Waals surface area (Å²) in [7, 11) is 0. The van der Waals surface area contributed by atoms with E-state index >= 15 is 0 Å². The standard InChI is InChI=1S/C12H27NO/c1-4-5-6-7-8-9-13-10-12(14)11(2)3/h11-14H,4-10H2,1-3H3. The second-order valence-corrected chi connectivity index (χ2v) is 4.43. The van der Waals surface area contributed by atoms with E-state index in [2.05, 4.69) is 12.2 Å². The molecule has 0 aromatic heterocycles. The number of aliphatic hydroxyl groups excluding tert-OH is 1. The molecule has 0 amide bonds. The Balaban J connectivity index is 3.06. The topological polar surface area (TPSA) is 32.3 Å². The molecule has 0 bridgehead atoms. The maximum absolute atomic E-state index is 9.50. The molecule has 2 N–H and O–H groups in total. The molecule has 0 spiro atoms. The van der Waals surface area contributed by atoms with Crippen molar-refractivity contribution >= 4 is 0 Å². The van der Waals surface area contributed by atoms with E-state index in [1.54, 1.807) is 0 Å². The molecule has 0 aromatic rings. The highest BCUT2D eigenvalue weighted by molar-refractivity contribution is 4.62. The van der Waals surface area contributed by atoms with Crippen molar-refractivity contribution < 1.29 is 5.11 Å². The van der Waals surface area contributed by atoms with Gasteiger partial charge in [0.25, 0.3) is 0 Å². The molecule has 0 saturated heterocycles. The molecular formula is C12H27NO. The Hall–Kier alpha value is -0.0800. The van der Waals surface area contributed by atoms with E-state index in [1.807, 2.05) is 13.8 Å². The molecule has 2 nitrogen and oxygen atoms in total. The molecular weight excluding hydrogens is 174 g/mol. The average Bonchev–Trinajstić information content (AvgIpc) is 2.16. The van der Waals surface area contributed by atoms with Gasteiger partial charge in [-0.3, -0.25) is 0 Å². The van der Waals surface area contributed by atoms with Crippen molar-refractivity contribution in [3.05, 3.63) is 0 Å². The van der Waals surface area contributed by atoms with Crippen LogP contribution >= 0.6 is 0 Å². The van der Waals surface area contributed by atoms with Crippen LogP contribution in [0.5, 0.6) is 0 Å². The molecule has 0 rings (SSSR count). The summed E-state index contributed by atoms with van der Waals surface area (Å²) in [6, 6.07) is 0. The molecule has 14 heavy (non-hydrogen) atoms. The number of rotatable bonds is 9. The van der Waals surface area contributed by atoms with Gasteiger partial charge in [0.1, 0.15) is 0 Å². The van der Waals surface area contributed by atoms with Gasteiger partial charge in [-0.1, -0.05) is 46.5 Å². The summed E-state index contributed by atoms with van der Waals surface area (Å²) >= 11 is 0. The highest BCUT2D eigenvalue weighted by Gasteiger charge is 2.06. The second kappa shape index (κ2) is 9.47. The molecule has 86 valence electrons. The minimum atomic E-state index is -0.189. The first-order chi connectivity index (χ1) is 6.68. The minimum Gasteiger partial charge on any atom is -0.392 e. The van der Waals surface area contributed by atoms with Gasteiger partial charge in [0, 0.05) is 6.54 Å². The number of aliphatic hydroxyl groups is 1. The molecule has 0 aromatic carbocycles. The van der Waals surface area contributed by atoms with Crippen LogP contribution in [0.4, 0.5) is 0 Å². The Kier molecular flexibility index (Phi) is 9.42. The third-order valence-corrected chi connectivity index (χ3v) is 2.58. The fraction of sp³-hybridized carbons (Fsp3) is 1.00. The lowest BCUT2D eigenvalue weighted by molar-refractivity contribution is 0.123. The molecule has 0 radical (unpaired) electrons. The van der Waals surface area contributed by atoms with Crippen molar-refractivity contribution in [2.45, 2.75) is 59.0 Å². The van der Waals surface area contributed by atoms with Gasteiger partial charge >= 0.3 is 0 Å². The van der Waals surface area contributed by atoms with Gasteiger partial charge in [0.2, 0.25) is 0 Å². The van der Waals surface area contributed by atoms with Gasteiger partial charge in [-0.15, -0.1) is 0 Å². The lowest BCUT2D eigenvalue weighted by atomic mass is 10.1. The zero-order valence-corrected chi connectivity index (χ0v) is 10.1. The Labute approximate surface area is 89.1 Å². The Morgan fingerprint density at radius 1 is 1.07 bits per heavy atom. The summed E-state index contributed by atoms with van der Waals surface area (Å²) in [4.78, 5) is 0. The first kappa shape index (κ1) is 13.9. The molecule has 1 atom stereocenters. The predicted octanol–water partition coefficient (Wildman–Crippen LogP) is 2.56. The van der Waals surface area contributed by atoms with E-state index in [-0.39, 0.29) is 6.10 Å². The third kappa shape index (κ3) is 8.52. The van der Waals surface area contributed by atoms with Crippen molar-refractivity contribution in [2.75, 3.05) is 13.1 Å². The summed E-state index contributed by atoms with van der Waals surface area (Å²) < 4.78 is 0. The average molecular weight is 201 g/mol. The molecule has 0 aliphatic rings. The van der Waals surface area contributed by atoms with Crippen LogP contribution in [0, 0.1) is 5.92 Å². The maximum Gasteiger partial charge on any atom is 0.0687 e. The fourth-order valence-electron chi connectivity index (χ4n) is 1.34. The van der Waals surface area contributed by atoms with E-state index in [0.717, 1.165) is 13.1 Å². The largest absolute Gasteiger partial charge is 0.392 e. The van der Waals surface area contributed by atoms with Crippen LogP contribution in [-0.2, 0) is 0 Å². The number of hydrogen-bond donors (Lipinski definition) is 2. The molecule has 0 aliphatic carbocycles. The first-order valence-electron chi connectivity index (χ1n) is 6.07. The van der Waals surface area contributed by atoms with Crippen LogP contribution in [0.2, 0.25) is 0 Å². The number of hydrogen-bond acceptors (Lipinski definition) is 2. The van der Waals surface area contributed by atoms with Crippen LogP contribution in [0.15, 0.2) is 0 Å². The summed E-state index contributed by atoms with van der Waals surface area (Å²) in [5.41, 5.74) is 0. The lowest BCUT2D eigenvalue weighted by Crippen LogP contribution is -2.31.